The Morgan fingerprint density at radius 3 is 2.58 bits per heavy atom. The molecule has 128 valence electrons. The van der Waals surface area contributed by atoms with Crippen molar-refractivity contribution in [3.05, 3.63) is 40.9 Å². The molecule has 1 heterocycles. The zero-order valence-corrected chi connectivity index (χ0v) is 14.6. The molecule has 8 heteroatoms. The predicted molar refractivity (Wildman–Crippen MR) is 93.6 cm³/mol. The van der Waals surface area contributed by atoms with E-state index in [1.807, 2.05) is 38.1 Å². The minimum atomic E-state index is -0.379. The number of anilines is 1. The van der Waals surface area contributed by atoms with Crippen LogP contribution in [0.2, 0.25) is 0 Å². The molecule has 3 amide bonds. The highest BCUT2D eigenvalue weighted by Gasteiger charge is 2.10. The third-order valence-corrected chi connectivity index (χ3v) is 3.84. The van der Waals surface area contributed by atoms with Gasteiger partial charge in [-0.15, -0.1) is 0 Å². The fraction of sp³-hybridized carbons (Fsp3) is 0.312. The standard InChI is InChI=1S/C16H20N4O3S/c1-10(2)23-12-6-4-11(5-7-12)8-18-15(22)20-16-19-9-13(24-16)14(21)17-3/h4-7,9-10H,8H2,1-3H3,(H,17,21)(H2,18,19,20,22). The van der Waals surface area contributed by atoms with Gasteiger partial charge in [-0.2, -0.15) is 0 Å². The first-order valence-electron chi connectivity index (χ1n) is 7.46. The molecule has 7 nitrogen and oxygen atoms in total. The van der Waals surface area contributed by atoms with Gasteiger partial charge in [0.25, 0.3) is 5.91 Å². The van der Waals surface area contributed by atoms with Crippen molar-refractivity contribution in [1.29, 1.82) is 0 Å². The number of aromatic nitrogens is 1. The lowest BCUT2D eigenvalue weighted by Gasteiger charge is -2.10. The van der Waals surface area contributed by atoms with Crippen LogP contribution in [-0.4, -0.2) is 30.1 Å². The highest BCUT2D eigenvalue weighted by Crippen LogP contribution is 2.18. The lowest BCUT2D eigenvalue weighted by atomic mass is 10.2. The van der Waals surface area contributed by atoms with E-state index in [4.69, 9.17) is 4.74 Å². The predicted octanol–water partition coefficient (Wildman–Crippen LogP) is 2.61. The van der Waals surface area contributed by atoms with E-state index in [2.05, 4.69) is 20.9 Å². The van der Waals surface area contributed by atoms with Gasteiger partial charge in [0.1, 0.15) is 10.6 Å². The van der Waals surface area contributed by atoms with Gasteiger partial charge in [-0.3, -0.25) is 10.1 Å². The van der Waals surface area contributed by atoms with E-state index in [-0.39, 0.29) is 18.0 Å². The summed E-state index contributed by atoms with van der Waals surface area (Å²) in [6, 6.07) is 7.14. The highest BCUT2D eigenvalue weighted by molar-refractivity contribution is 7.17. The van der Waals surface area contributed by atoms with E-state index in [9.17, 15) is 9.59 Å². The Morgan fingerprint density at radius 1 is 1.25 bits per heavy atom. The molecule has 0 bridgehead atoms. The smallest absolute Gasteiger partial charge is 0.321 e. The van der Waals surface area contributed by atoms with Gasteiger partial charge in [0.2, 0.25) is 0 Å². The molecule has 0 aliphatic rings. The lowest BCUT2D eigenvalue weighted by molar-refractivity contribution is 0.0967. The number of hydrogen-bond donors (Lipinski definition) is 3. The SMILES string of the molecule is CNC(=O)c1cnc(NC(=O)NCc2ccc(OC(C)C)cc2)s1. The first kappa shape index (κ1) is 17.7. The summed E-state index contributed by atoms with van der Waals surface area (Å²) in [7, 11) is 1.54. The third kappa shape index (κ3) is 5.24. The van der Waals surface area contributed by atoms with Crippen molar-refractivity contribution in [1.82, 2.24) is 15.6 Å². The molecule has 2 aromatic rings. The number of nitrogens with zero attached hydrogens (tertiary/aromatic N) is 1. The minimum Gasteiger partial charge on any atom is -0.491 e. The Labute approximate surface area is 144 Å². The van der Waals surface area contributed by atoms with Crippen LogP contribution in [0.1, 0.15) is 29.1 Å². The van der Waals surface area contributed by atoms with E-state index in [1.165, 1.54) is 6.20 Å². The normalized spacial score (nSPS) is 10.3. The van der Waals surface area contributed by atoms with Crippen molar-refractivity contribution < 1.29 is 14.3 Å². The van der Waals surface area contributed by atoms with Crippen LogP contribution in [0.25, 0.3) is 0 Å². The largest absolute Gasteiger partial charge is 0.491 e. The summed E-state index contributed by atoms with van der Waals surface area (Å²) in [5, 5.41) is 8.21. The van der Waals surface area contributed by atoms with Crippen LogP contribution in [0.4, 0.5) is 9.93 Å². The molecule has 0 aliphatic heterocycles. The van der Waals surface area contributed by atoms with Gasteiger partial charge in [0, 0.05) is 13.6 Å². The number of urea groups is 1. The zero-order chi connectivity index (χ0) is 17.5. The van der Waals surface area contributed by atoms with Crippen LogP contribution in [0.5, 0.6) is 5.75 Å². The van der Waals surface area contributed by atoms with Crippen LogP contribution in [0.3, 0.4) is 0 Å². The number of thiazole rings is 1. The molecule has 0 unspecified atom stereocenters. The summed E-state index contributed by atoms with van der Waals surface area (Å²) in [6.07, 6.45) is 1.55. The molecular weight excluding hydrogens is 328 g/mol. The van der Waals surface area contributed by atoms with E-state index < -0.39 is 0 Å². The van der Waals surface area contributed by atoms with Crippen LogP contribution in [0, 0.1) is 0 Å². The van der Waals surface area contributed by atoms with Crippen molar-refractivity contribution in [2.45, 2.75) is 26.5 Å². The number of benzene rings is 1. The molecule has 0 atom stereocenters. The summed E-state index contributed by atoms with van der Waals surface area (Å²) in [5.41, 5.74) is 0.950. The van der Waals surface area contributed by atoms with Gasteiger partial charge in [0.05, 0.1) is 12.3 Å². The monoisotopic (exact) mass is 348 g/mol. The number of ether oxygens (including phenoxy) is 1. The Bertz CT molecular complexity index is 698. The van der Waals surface area contributed by atoms with Crippen molar-refractivity contribution in [2.24, 2.45) is 0 Å². The zero-order valence-electron chi connectivity index (χ0n) is 13.8. The maximum absolute atomic E-state index is 11.9. The summed E-state index contributed by atoms with van der Waals surface area (Å²) in [6.45, 7) is 4.31. The second-order valence-electron chi connectivity index (χ2n) is 5.23. The van der Waals surface area contributed by atoms with E-state index in [0.29, 0.717) is 16.6 Å². The van der Waals surface area contributed by atoms with Crippen LogP contribution < -0.4 is 20.7 Å². The van der Waals surface area contributed by atoms with E-state index >= 15 is 0 Å². The Balaban J connectivity index is 1.82. The van der Waals surface area contributed by atoms with Gasteiger partial charge in [0.15, 0.2) is 5.13 Å². The maximum Gasteiger partial charge on any atom is 0.321 e. The van der Waals surface area contributed by atoms with Crippen molar-refractivity contribution in [3.63, 3.8) is 0 Å². The number of carbonyl (C=O) groups is 2. The molecule has 0 saturated carbocycles. The van der Waals surface area contributed by atoms with Gasteiger partial charge < -0.3 is 15.4 Å². The van der Waals surface area contributed by atoms with E-state index in [0.717, 1.165) is 22.6 Å². The van der Waals surface area contributed by atoms with Crippen molar-refractivity contribution in [3.8, 4) is 5.75 Å². The topological polar surface area (TPSA) is 92.4 Å². The Hall–Kier alpha value is -2.61. The van der Waals surface area contributed by atoms with Gasteiger partial charge in [-0.1, -0.05) is 23.5 Å². The quantitative estimate of drug-likeness (QED) is 0.748. The summed E-state index contributed by atoms with van der Waals surface area (Å²) in [4.78, 5) is 27.7. The number of rotatable bonds is 6. The summed E-state index contributed by atoms with van der Waals surface area (Å²) >= 11 is 1.11. The molecule has 1 aromatic heterocycles. The van der Waals surface area contributed by atoms with E-state index in [1.54, 1.807) is 7.05 Å². The Morgan fingerprint density at radius 2 is 1.96 bits per heavy atom. The second-order valence-corrected chi connectivity index (χ2v) is 6.26. The molecule has 0 aliphatic carbocycles. The highest BCUT2D eigenvalue weighted by atomic mass is 32.1. The minimum absolute atomic E-state index is 0.123. The summed E-state index contributed by atoms with van der Waals surface area (Å²) < 4.78 is 5.57. The van der Waals surface area contributed by atoms with Crippen molar-refractivity contribution >= 4 is 28.4 Å². The molecule has 0 fully saturated rings. The van der Waals surface area contributed by atoms with Gasteiger partial charge >= 0.3 is 6.03 Å². The fourth-order valence-electron chi connectivity index (χ4n) is 1.84. The maximum atomic E-state index is 11.9. The summed E-state index contributed by atoms with van der Waals surface area (Å²) in [5.74, 6) is 0.562. The number of amides is 3. The third-order valence-electron chi connectivity index (χ3n) is 2.93. The molecule has 1 aromatic carbocycles. The van der Waals surface area contributed by atoms with Crippen LogP contribution >= 0.6 is 11.3 Å². The molecule has 3 N–H and O–H groups in total. The number of carbonyl (C=O) groups excluding carboxylic acids is 2. The first-order chi connectivity index (χ1) is 11.5. The number of nitrogens with one attached hydrogen (secondary N) is 3. The second kappa shape index (κ2) is 8.30. The average molecular weight is 348 g/mol. The van der Waals surface area contributed by atoms with Gasteiger partial charge in [-0.05, 0) is 31.5 Å². The van der Waals surface area contributed by atoms with Crippen LogP contribution in [-0.2, 0) is 6.54 Å². The lowest BCUT2D eigenvalue weighted by Crippen LogP contribution is -2.28. The molecule has 24 heavy (non-hydrogen) atoms. The Kier molecular flexibility index (Phi) is 6.14. The molecule has 0 saturated heterocycles. The number of hydrogen-bond acceptors (Lipinski definition) is 5. The van der Waals surface area contributed by atoms with Crippen LogP contribution in [0.15, 0.2) is 30.5 Å². The first-order valence-corrected chi connectivity index (χ1v) is 8.28. The van der Waals surface area contributed by atoms with Crippen molar-refractivity contribution in [2.75, 3.05) is 12.4 Å². The molecule has 0 spiro atoms. The molecular formula is C16H20N4O3S. The molecule has 2 rings (SSSR count). The van der Waals surface area contributed by atoms with Gasteiger partial charge in [-0.25, -0.2) is 9.78 Å². The average Bonchev–Trinajstić information content (AvgIpc) is 3.01. The molecule has 0 radical (unpaired) electrons. The fourth-order valence-corrected chi connectivity index (χ4v) is 2.60.